The van der Waals surface area contributed by atoms with Gasteiger partial charge in [-0.05, 0) is 48.2 Å². The molecule has 1 fully saturated rings. The molecule has 0 unspecified atom stereocenters. The van der Waals surface area contributed by atoms with Crippen LogP contribution in [0.4, 0.5) is 11.4 Å². The number of fused-ring (bicyclic) bond motifs is 1. The zero-order valence-electron chi connectivity index (χ0n) is 23.1. The summed E-state index contributed by atoms with van der Waals surface area (Å²) in [6, 6.07) is 21.3. The van der Waals surface area contributed by atoms with Crippen LogP contribution in [0.25, 0.3) is 11.3 Å². The van der Waals surface area contributed by atoms with Crippen molar-refractivity contribution >= 4 is 23.2 Å². The summed E-state index contributed by atoms with van der Waals surface area (Å²) in [6.07, 6.45) is 6.44. The topological polar surface area (TPSA) is 94.6 Å². The summed E-state index contributed by atoms with van der Waals surface area (Å²) in [5.41, 5.74) is 5.95. The number of pyridine rings is 1. The Labute approximate surface area is 239 Å². The largest absolute Gasteiger partial charge is 0.369 e. The highest BCUT2D eigenvalue weighted by Gasteiger charge is 2.30. The molecule has 41 heavy (non-hydrogen) atoms. The molecule has 4 aromatic rings. The lowest BCUT2D eigenvalue weighted by atomic mass is 10.0. The number of carbonyl (C=O) groups excluding carboxylic acids is 2. The smallest absolute Gasteiger partial charge is 0.289 e. The van der Waals surface area contributed by atoms with Gasteiger partial charge in [0.05, 0.1) is 5.69 Å². The van der Waals surface area contributed by atoms with Gasteiger partial charge in [0.15, 0.2) is 0 Å². The van der Waals surface area contributed by atoms with Gasteiger partial charge in [0.25, 0.3) is 5.91 Å². The van der Waals surface area contributed by atoms with Gasteiger partial charge in [-0.2, -0.15) is 0 Å². The average molecular weight is 548 g/mol. The molecular formula is C32H33N7O2. The fourth-order valence-electron chi connectivity index (χ4n) is 5.58. The number of amides is 2. The van der Waals surface area contributed by atoms with Crippen LogP contribution in [0.1, 0.15) is 28.2 Å². The van der Waals surface area contributed by atoms with Gasteiger partial charge in [-0.1, -0.05) is 42.5 Å². The maximum atomic E-state index is 13.5. The lowest BCUT2D eigenvalue weighted by Crippen LogP contribution is -2.47. The minimum atomic E-state index is -0.659. The maximum absolute atomic E-state index is 13.5. The molecule has 4 heterocycles. The SMILES string of the molecule is CN1C(=O)[C@H](NC(=O)c2nccc(-c3ccccc3)n2)CCc2ccc(CN3CCN(c4ccncc4)CC3)cc21. The molecule has 0 bridgehead atoms. The Balaban J connectivity index is 1.10. The summed E-state index contributed by atoms with van der Waals surface area (Å²) in [5.74, 6) is -0.540. The highest BCUT2D eigenvalue weighted by atomic mass is 16.2. The standard InChI is InChI=1S/C32H33N7O2/c1-37-29-21-23(22-38-17-19-39(20-18-38)26-11-14-33-15-12-26)7-8-25(29)9-10-28(32(37)41)36-31(40)30-34-16-13-27(35-30)24-5-3-2-4-6-24/h2-8,11-16,21,28H,9-10,17-20,22H2,1H3,(H,36,40)/t28-/m1/s1. The Morgan fingerprint density at radius 2 is 1.73 bits per heavy atom. The summed E-state index contributed by atoms with van der Waals surface area (Å²) in [6.45, 7) is 4.69. The van der Waals surface area contributed by atoms with E-state index in [1.165, 1.54) is 11.3 Å². The van der Waals surface area contributed by atoms with E-state index in [0.717, 1.165) is 49.5 Å². The molecule has 2 amide bonds. The van der Waals surface area contributed by atoms with E-state index in [9.17, 15) is 9.59 Å². The summed E-state index contributed by atoms with van der Waals surface area (Å²) < 4.78 is 0. The third kappa shape index (κ3) is 5.95. The quantitative estimate of drug-likeness (QED) is 0.394. The van der Waals surface area contributed by atoms with Gasteiger partial charge in [0, 0.05) is 75.3 Å². The Morgan fingerprint density at radius 1 is 0.951 bits per heavy atom. The molecule has 1 N–H and O–H groups in total. The van der Waals surface area contributed by atoms with Crippen molar-refractivity contribution in [3.63, 3.8) is 0 Å². The number of carbonyl (C=O) groups is 2. The number of piperazine rings is 1. The van der Waals surface area contributed by atoms with Crippen molar-refractivity contribution in [2.75, 3.05) is 43.0 Å². The van der Waals surface area contributed by atoms with Crippen LogP contribution in [-0.2, 0) is 17.8 Å². The molecule has 2 aliphatic rings. The van der Waals surface area contributed by atoms with E-state index >= 15 is 0 Å². The van der Waals surface area contributed by atoms with Gasteiger partial charge >= 0.3 is 0 Å². The third-order valence-corrected chi connectivity index (χ3v) is 7.88. The summed E-state index contributed by atoms with van der Waals surface area (Å²) >= 11 is 0. The molecule has 2 aliphatic heterocycles. The molecule has 6 rings (SSSR count). The van der Waals surface area contributed by atoms with Crippen LogP contribution in [0.15, 0.2) is 85.3 Å². The first kappa shape index (κ1) is 26.6. The van der Waals surface area contributed by atoms with Crippen molar-refractivity contribution in [2.45, 2.75) is 25.4 Å². The fraction of sp³-hybridized carbons (Fsp3) is 0.281. The molecule has 2 aromatic heterocycles. The van der Waals surface area contributed by atoms with Crippen LogP contribution in [-0.4, -0.2) is 70.9 Å². The van der Waals surface area contributed by atoms with Crippen LogP contribution in [0.5, 0.6) is 0 Å². The molecule has 0 saturated carbocycles. The van der Waals surface area contributed by atoms with E-state index in [4.69, 9.17) is 0 Å². The number of aromatic nitrogens is 3. The molecule has 0 radical (unpaired) electrons. The first-order valence-electron chi connectivity index (χ1n) is 14.0. The van der Waals surface area contributed by atoms with Crippen molar-refractivity contribution in [1.29, 1.82) is 0 Å². The molecule has 1 atom stereocenters. The fourth-order valence-corrected chi connectivity index (χ4v) is 5.58. The lowest BCUT2D eigenvalue weighted by molar-refractivity contribution is -0.120. The van der Waals surface area contributed by atoms with Crippen LogP contribution >= 0.6 is 0 Å². The van der Waals surface area contributed by atoms with Gasteiger partial charge in [-0.3, -0.25) is 19.5 Å². The number of nitrogens with zero attached hydrogens (tertiary/aromatic N) is 6. The second-order valence-electron chi connectivity index (χ2n) is 10.5. The van der Waals surface area contributed by atoms with Crippen LogP contribution < -0.4 is 15.1 Å². The number of aryl methyl sites for hydroxylation is 1. The Bertz CT molecular complexity index is 1520. The van der Waals surface area contributed by atoms with E-state index < -0.39 is 11.9 Å². The summed E-state index contributed by atoms with van der Waals surface area (Å²) in [7, 11) is 1.79. The van der Waals surface area contributed by atoms with Gasteiger partial charge in [0.1, 0.15) is 6.04 Å². The Hall–Kier alpha value is -4.63. The number of hydrogen-bond donors (Lipinski definition) is 1. The Kier molecular flexibility index (Phi) is 7.69. The molecule has 1 saturated heterocycles. The molecule has 208 valence electrons. The molecular weight excluding hydrogens is 514 g/mol. The maximum Gasteiger partial charge on any atom is 0.289 e. The zero-order valence-corrected chi connectivity index (χ0v) is 23.1. The number of rotatable bonds is 6. The van der Waals surface area contributed by atoms with Gasteiger partial charge in [0.2, 0.25) is 11.7 Å². The van der Waals surface area contributed by atoms with E-state index in [1.807, 2.05) is 42.7 Å². The zero-order chi connectivity index (χ0) is 28.2. The van der Waals surface area contributed by atoms with Crippen molar-refractivity contribution in [3.8, 4) is 11.3 Å². The van der Waals surface area contributed by atoms with Crippen molar-refractivity contribution < 1.29 is 9.59 Å². The number of benzene rings is 2. The number of anilines is 2. The normalized spacial score (nSPS) is 17.6. The van der Waals surface area contributed by atoms with E-state index in [-0.39, 0.29) is 11.7 Å². The molecule has 0 aliphatic carbocycles. The van der Waals surface area contributed by atoms with Gasteiger partial charge in [-0.25, -0.2) is 9.97 Å². The number of hydrogen-bond acceptors (Lipinski definition) is 7. The molecule has 2 aromatic carbocycles. The van der Waals surface area contributed by atoms with Crippen molar-refractivity contribution in [3.05, 3.63) is 102 Å². The predicted octanol–water partition coefficient (Wildman–Crippen LogP) is 3.57. The number of nitrogens with one attached hydrogen (secondary N) is 1. The van der Waals surface area contributed by atoms with E-state index in [2.05, 4.69) is 60.4 Å². The van der Waals surface area contributed by atoms with Crippen molar-refractivity contribution in [1.82, 2.24) is 25.2 Å². The van der Waals surface area contributed by atoms with Gasteiger partial charge in [-0.15, -0.1) is 0 Å². The van der Waals surface area contributed by atoms with Crippen molar-refractivity contribution in [2.24, 2.45) is 0 Å². The first-order valence-corrected chi connectivity index (χ1v) is 14.0. The predicted molar refractivity (Wildman–Crippen MR) is 159 cm³/mol. The minimum Gasteiger partial charge on any atom is -0.369 e. The number of likely N-dealkylation sites (N-methyl/N-ethyl adjacent to an activating group) is 1. The second kappa shape index (κ2) is 11.9. The monoisotopic (exact) mass is 547 g/mol. The van der Waals surface area contributed by atoms with Gasteiger partial charge < -0.3 is 15.1 Å². The van der Waals surface area contributed by atoms with Crippen LogP contribution in [0.2, 0.25) is 0 Å². The van der Waals surface area contributed by atoms with Crippen LogP contribution in [0.3, 0.4) is 0 Å². The minimum absolute atomic E-state index is 0.0508. The molecule has 9 nitrogen and oxygen atoms in total. The molecule has 9 heteroatoms. The second-order valence-corrected chi connectivity index (χ2v) is 10.5. The van der Waals surface area contributed by atoms with E-state index in [0.29, 0.717) is 18.5 Å². The average Bonchev–Trinajstić information content (AvgIpc) is 3.14. The summed E-state index contributed by atoms with van der Waals surface area (Å²) in [5, 5.41) is 2.89. The summed E-state index contributed by atoms with van der Waals surface area (Å²) in [4.78, 5) is 45.8. The third-order valence-electron chi connectivity index (χ3n) is 7.88. The first-order chi connectivity index (χ1) is 20.0. The van der Waals surface area contributed by atoms with Crippen LogP contribution in [0, 0.1) is 0 Å². The Morgan fingerprint density at radius 3 is 2.51 bits per heavy atom. The lowest BCUT2D eigenvalue weighted by Gasteiger charge is -2.36. The molecule has 0 spiro atoms. The highest BCUT2D eigenvalue weighted by molar-refractivity contribution is 6.02. The van der Waals surface area contributed by atoms with E-state index in [1.54, 1.807) is 24.2 Å². The highest BCUT2D eigenvalue weighted by Crippen LogP contribution is 2.28.